The van der Waals surface area contributed by atoms with Crippen molar-refractivity contribution in [1.29, 1.82) is 0 Å². The maximum absolute atomic E-state index is 13.7. The minimum atomic E-state index is -0.775. The van der Waals surface area contributed by atoms with Crippen molar-refractivity contribution in [2.75, 3.05) is 5.32 Å². The Balaban J connectivity index is 2.30. The number of hydrogen-bond acceptors (Lipinski definition) is 5. The number of anilines is 1. The molecule has 1 heterocycles. The molecule has 0 aliphatic rings. The fourth-order valence-corrected chi connectivity index (χ4v) is 2.30. The average molecular weight is 308 g/mol. The minimum Gasteiger partial charge on any atom is -0.366 e. The van der Waals surface area contributed by atoms with E-state index in [9.17, 15) is 14.0 Å². The molecule has 2 rings (SSSR count). The number of hydrogen-bond donors (Lipinski definition) is 3. The van der Waals surface area contributed by atoms with Crippen LogP contribution in [0.3, 0.4) is 0 Å². The summed E-state index contributed by atoms with van der Waals surface area (Å²) in [7, 11) is 0. The number of benzene rings is 1. The van der Waals surface area contributed by atoms with Gasteiger partial charge in [-0.1, -0.05) is 0 Å². The summed E-state index contributed by atoms with van der Waals surface area (Å²) < 4.78 is 13.7. The number of aromatic nitrogens is 1. The lowest BCUT2D eigenvalue weighted by molar-refractivity contribution is 0.0995. The largest absolute Gasteiger partial charge is 0.366 e. The lowest BCUT2D eigenvalue weighted by Gasteiger charge is -2.09. The van der Waals surface area contributed by atoms with Crippen molar-refractivity contribution in [3.05, 3.63) is 45.2 Å². The summed E-state index contributed by atoms with van der Waals surface area (Å²) in [4.78, 5) is 27.2. The third-order valence-electron chi connectivity index (χ3n) is 2.84. The van der Waals surface area contributed by atoms with Gasteiger partial charge in [0.05, 0.1) is 0 Å². The Hall–Kier alpha value is -2.32. The van der Waals surface area contributed by atoms with E-state index in [0.717, 1.165) is 6.07 Å². The van der Waals surface area contributed by atoms with E-state index in [-0.39, 0.29) is 29.1 Å². The molecular weight excluding hydrogens is 295 g/mol. The molecule has 0 aliphatic carbocycles. The summed E-state index contributed by atoms with van der Waals surface area (Å²) >= 11 is 1.26. The van der Waals surface area contributed by atoms with E-state index in [0.29, 0.717) is 5.01 Å². The van der Waals surface area contributed by atoms with Crippen LogP contribution in [0.2, 0.25) is 0 Å². The van der Waals surface area contributed by atoms with Crippen LogP contribution in [0.1, 0.15) is 31.4 Å². The van der Waals surface area contributed by atoms with Crippen LogP contribution in [0.25, 0.3) is 0 Å². The fourth-order valence-electron chi connectivity index (χ4n) is 1.65. The number of carbonyl (C=O) groups excluding carboxylic acids is 2. The Kier molecular flexibility index (Phi) is 4.29. The summed E-state index contributed by atoms with van der Waals surface area (Å²) in [6, 6.07) is 2.36. The van der Waals surface area contributed by atoms with Gasteiger partial charge in [-0.25, -0.2) is 9.37 Å². The quantitative estimate of drug-likeness (QED) is 0.792. The van der Waals surface area contributed by atoms with Crippen LogP contribution in [-0.4, -0.2) is 16.8 Å². The van der Waals surface area contributed by atoms with E-state index in [4.69, 9.17) is 11.5 Å². The highest BCUT2D eigenvalue weighted by Crippen LogP contribution is 2.21. The van der Waals surface area contributed by atoms with Crippen molar-refractivity contribution >= 4 is 28.8 Å². The first-order valence-corrected chi connectivity index (χ1v) is 6.86. The lowest BCUT2D eigenvalue weighted by Crippen LogP contribution is -2.16. The van der Waals surface area contributed by atoms with Gasteiger partial charge in [0.2, 0.25) is 5.91 Å². The lowest BCUT2D eigenvalue weighted by atomic mass is 10.1. The predicted molar refractivity (Wildman–Crippen MR) is 77.6 cm³/mol. The predicted octanol–water partition coefficient (Wildman–Crippen LogP) is 1.40. The zero-order chi connectivity index (χ0) is 15.6. The van der Waals surface area contributed by atoms with Crippen molar-refractivity contribution in [2.45, 2.75) is 13.5 Å². The molecule has 1 aromatic heterocycles. The molecule has 0 saturated carbocycles. The van der Waals surface area contributed by atoms with Gasteiger partial charge in [0.25, 0.3) is 5.91 Å². The Morgan fingerprint density at radius 1 is 1.43 bits per heavy atom. The van der Waals surface area contributed by atoms with Gasteiger partial charge in [-0.05, 0) is 19.1 Å². The highest BCUT2D eigenvalue weighted by molar-refractivity contribution is 7.09. The van der Waals surface area contributed by atoms with Gasteiger partial charge >= 0.3 is 0 Å². The molecule has 110 valence electrons. The molecule has 6 nitrogen and oxygen atoms in total. The smallest absolute Gasteiger partial charge is 0.275 e. The molecule has 1 aromatic carbocycles. The van der Waals surface area contributed by atoms with Gasteiger partial charge < -0.3 is 16.8 Å². The highest BCUT2D eigenvalue weighted by atomic mass is 32.1. The van der Waals surface area contributed by atoms with Crippen molar-refractivity contribution in [3.8, 4) is 0 Å². The van der Waals surface area contributed by atoms with Crippen LogP contribution in [0.15, 0.2) is 17.5 Å². The first kappa shape index (κ1) is 15.1. The van der Waals surface area contributed by atoms with Crippen LogP contribution < -0.4 is 16.8 Å². The van der Waals surface area contributed by atoms with Gasteiger partial charge in [0, 0.05) is 28.7 Å². The Morgan fingerprint density at radius 3 is 2.71 bits per heavy atom. The second-order valence-electron chi connectivity index (χ2n) is 4.28. The van der Waals surface area contributed by atoms with E-state index in [2.05, 4.69) is 10.3 Å². The number of primary amides is 1. The van der Waals surface area contributed by atoms with Crippen LogP contribution in [0.4, 0.5) is 10.1 Å². The summed E-state index contributed by atoms with van der Waals surface area (Å²) in [5.74, 6) is -1.90. The van der Waals surface area contributed by atoms with Crippen LogP contribution in [-0.2, 0) is 6.54 Å². The molecule has 0 spiro atoms. The highest BCUT2D eigenvalue weighted by Gasteiger charge is 2.15. The number of rotatable bonds is 4. The second-order valence-corrected chi connectivity index (χ2v) is 5.22. The number of carbonyl (C=O) groups is 2. The van der Waals surface area contributed by atoms with Gasteiger partial charge in [0.1, 0.15) is 16.5 Å². The fraction of sp³-hybridized carbons (Fsp3) is 0.154. The maximum atomic E-state index is 13.7. The molecule has 21 heavy (non-hydrogen) atoms. The summed E-state index contributed by atoms with van der Waals surface area (Å²) in [6.45, 7) is 1.73. The van der Waals surface area contributed by atoms with Crippen molar-refractivity contribution in [1.82, 2.24) is 4.98 Å². The molecule has 0 fully saturated rings. The molecule has 0 saturated heterocycles. The second kappa shape index (κ2) is 5.98. The summed E-state index contributed by atoms with van der Waals surface area (Å²) in [5.41, 5.74) is 11.1. The standard InChI is InChI=1S/C13H13FN4O2S/c1-6-8(14)2-7(12(16)19)3-9(6)18-13(20)10-5-21-11(4-15)17-10/h2-3,5H,4,15H2,1H3,(H2,16,19)(H,18,20). The number of nitrogens with two attached hydrogens (primary N) is 2. The number of amides is 2. The third kappa shape index (κ3) is 3.23. The number of nitrogens with one attached hydrogen (secondary N) is 1. The molecular formula is C13H13FN4O2S. The zero-order valence-corrected chi connectivity index (χ0v) is 12.0. The first-order valence-electron chi connectivity index (χ1n) is 5.98. The minimum absolute atomic E-state index is 0.0191. The van der Waals surface area contributed by atoms with Crippen LogP contribution in [0.5, 0.6) is 0 Å². The van der Waals surface area contributed by atoms with Crippen molar-refractivity contribution in [3.63, 3.8) is 0 Å². The Labute approximate surface area is 124 Å². The molecule has 0 atom stereocenters. The summed E-state index contributed by atoms with van der Waals surface area (Å²) in [6.07, 6.45) is 0. The van der Waals surface area contributed by atoms with Gasteiger partial charge in [-0.3, -0.25) is 9.59 Å². The number of nitrogens with zero attached hydrogens (tertiary/aromatic N) is 1. The van der Waals surface area contributed by atoms with E-state index in [1.54, 1.807) is 5.38 Å². The van der Waals surface area contributed by atoms with Gasteiger partial charge in [-0.2, -0.15) is 0 Å². The SMILES string of the molecule is Cc1c(F)cc(C(N)=O)cc1NC(=O)c1csc(CN)n1. The van der Waals surface area contributed by atoms with E-state index >= 15 is 0 Å². The molecule has 2 aromatic rings. The van der Waals surface area contributed by atoms with Crippen LogP contribution >= 0.6 is 11.3 Å². The summed E-state index contributed by atoms with van der Waals surface area (Å²) in [5, 5.41) is 4.69. The topological polar surface area (TPSA) is 111 Å². The molecule has 5 N–H and O–H groups in total. The van der Waals surface area contributed by atoms with E-state index in [1.807, 2.05) is 0 Å². The molecule has 0 aliphatic heterocycles. The average Bonchev–Trinajstić information content (AvgIpc) is 2.92. The molecule has 8 heteroatoms. The maximum Gasteiger partial charge on any atom is 0.275 e. The number of halogens is 1. The zero-order valence-electron chi connectivity index (χ0n) is 11.1. The third-order valence-corrected chi connectivity index (χ3v) is 3.71. The first-order chi connectivity index (χ1) is 9.92. The molecule has 2 amide bonds. The van der Waals surface area contributed by atoms with Crippen molar-refractivity contribution < 1.29 is 14.0 Å². The van der Waals surface area contributed by atoms with E-state index in [1.165, 1.54) is 24.3 Å². The van der Waals surface area contributed by atoms with Gasteiger partial charge in [0.15, 0.2) is 0 Å². The van der Waals surface area contributed by atoms with Crippen LogP contribution in [0, 0.1) is 12.7 Å². The van der Waals surface area contributed by atoms with E-state index < -0.39 is 17.6 Å². The molecule has 0 unspecified atom stereocenters. The van der Waals surface area contributed by atoms with Crippen molar-refractivity contribution in [2.24, 2.45) is 11.5 Å². The number of thiazole rings is 1. The monoisotopic (exact) mass is 308 g/mol. The normalized spacial score (nSPS) is 10.4. The Morgan fingerprint density at radius 2 is 2.14 bits per heavy atom. The van der Waals surface area contributed by atoms with Gasteiger partial charge in [-0.15, -0.1) is 11.3 Å². The Bertz CT molecular complexity index is 714. The molecule has 0 radical (unpaired) electrons. The molecule has 0 bridgehead atoms.